The van der Waals surface area contributed by atoms with Crippen LogP contribution in [0.4, 0.5) is 0 Å². The first kappa shape index (κ1) is 16.1. The van der Waals surface area contributed by atoms with E-state index in [1.54, 1.807) is 6.92 Å². The van der Waals surface area contributed by atoms with Crippen LogP contribution in [0.1, 0.15) is 30.4 Å². The Morgan fingerprint density at radius 2 is 1.71 bits per heavy atom. The SMILES string of the molecule is CC[C@H](N=C([O-])OCC1c2ccccc2-c2ccccc21)C(=O)O. The van der Waals surface area contributed by atoms with Crippen LogP contribution in [0.2, 0.25) is 0 Å². The molecule has 2 aromatic carbocycles. The lowest BCUT2D eigenvalue weighted by atomic mass is 9.98. The summed E-state index contributed by atoms with van der Waals surface area (Å²) in [4.78, 5) is 14.6. The Kier molecular flexibility index (Phi) is 4.51. The van der Waals surface area contributed by atoms with Gasteiger partial charge in [-0.25, -0.2) is 4.79 Å². The van der Waals surface area contributed by atoms with Crippen LogP contribution in [0, 0.1) is 0 Å². The fraction of sp³-hybridized carbons (Fsp3) is 0.263. The molecule has 0 bridgehead atoms. The largest absolute Gasteiger partial charge is 0.599 e. The van der Waals surface area contributed by atoms with Crippen LogP contribution in [0.5, 0.6) is 0 Å². The number of carbonyl (C=O) groups is 1. The second-order valence-corrected chi connectivity index (χ2v) is 5.70. The lowest BCUT2D eigenvalue weighted by Gasteiger charge is -2.21. The van der Waals surface area contributed by atoms with Crippen LogP contribution >= 0.6 is 0 Å². The van der Waals surface area contributed by atoms with Crippen molar-refractivity contribution < 1.29 is 19.7 Å². The molecule has 0 aromatic heterocycles. The normalized spacial score (nSPS) is 14.8. The molecule has 0 spiro atoms. The van der Waals surface area contributed by atoms with Gasteiger partial charge in [0.15, 0.2) is 0 Å². The van der Waals surface area contributed by atoms with Gasteiger partial charge in [0, 0.05) is 12.5 Å². The average Bonchev–Trinajstić information content (AvgIpc) is 2.91. The standard InChI is InChI=1S/C19H19NO4/c1-2-17(18(21)22)20-19(23)24-11-16-14-9-5-3-7-12(14)13-8-4-6-10-15(13)16/h3-10,16-17H,2,11H2,1H3,(H,20,23)(H,21,22)/p-1/t17-/m0/s1. The molecular formula is C19H18NO4-. The maximum atomic E-state index is 11.8. The number of hydrogen-bond acceptors (Lipinski definition) is 4. The third kappa shape index (κ3) is 2.97. The van der Waals surface area contributed by atoms with Crippen LogP contribution < -0.4 is 5.11 Å². The quantitative estimate of drug-likeness (QED) is 0.676. The molecule has 124 valence electrons. The zero-order valence-corrected chi connectivity index (χ0v) is 13.3. The fourth-order valence-electron chi connectivity index (χ4n) is 3.08. The van der Waals surface area contributed by atoms with Crippen LogP contribution in [0.3, 0.4) is 0 Å². The summed E-state index contributed by atoms with van der Waals surface area (Å²) < 4.78 is 5.25. The molecule has 0 saturated carbocycles. The minimum Gasteiger partial charge on any atom is -0.599 e. The third-order valence-electron chi connectivity index (χ3n) is 4.27. The van der Waals surface area contributed by atoms with E-state index in [4.69, 9.17) is 9.84 Å². The van der Waals surface area contributed by atoms with E-state index in [2.05, 4.69) is 17.1 Å². The van der Waals surface area contributed by atoms with Crippen molar-refractivity contribution in [2.24, 2.45) is 4.99 Å². The molecule has 1 aliphatic rings. The van der Waals surface area contributed by atoms with E-state index >= 15 is 0 Å². The monoisotopic (exact) mass is 324 g/mol. The molecular weight excluding hydrogens is 306 g/mol. The summed E-state index contributed by atoms with van der Waals surface area (Å²) in [5, 5.41) is 20.8. The molecule has 0 radical (unpaired) electrons. The van der Waals surface area contributed by atoms with E-state index < -0.39 is 18.1 Å². The number of fused-ring (bicyclic) bond motifs is 3. The van der Waals surface area contributed by atoms with E-state index in [-0.39, 0.29) is 18.9 Å². The summed E-state index contributed by atoms with van der Waals surface area (Å²) in [7, 11) is 0. The Labute approximate surface area is 140 Å². The highest BCUT2D eigenvalue weighted by Crippen LogP contribution is 2.44. The molecule has 1 N–H and O–H groups in total. The van der Waals surface area contributed by atoms with Crippen molar-refractivity contribution in [3.05, 3.63) is 59.7 Å². The van der Waals surface area contributed by atoms with Crippen molar-refractivity contribution in [1.82, 2.24) is 0 Å². The Balaban J connectivity index is 1.81. The van der Waals surface area contributed by atoms with Gasteiger partial charge in [-0.15, -0.1) is 0 Å². The number of rotatable bonds is 5. The number of aliphatic imine (C=N–C) groups is 1. The number of carboxylic acids is 1. The summed E-state index contributed by atoms with van der Waals surface area (Å²) in [6.45, 7) is 1.81. The summed E-state index contributed by atoms with van der Waals surface area (Å²) in [5.41, 5.74) is 4.50. The predicted octanol–water partition coefficient (Wildman–Crippen LogP) is 2.39. The van der Waals surface area contributed by atoms with Gasteiger partial charge in [0.2, 0.25) is 0 Å². The zero-order chi connectivity index (χ0) is 17.1. The topological polar surface area (TPSA) is 82.0 Å². The molecule has 0 unspecified atom stereocenters. The molecule has 1 aliphatic carbocycles. The predicted molar refractivity (Wildman–Crippen MR) is 88.8 cm³/mol. The van der Waals surface area contributed by atoms with Crippen molar-refractivity contribution in [2.75, 3.05) is 6.61 Å². The van der Waals surface area contributed by atoms with Gasteiger partial charge >= 0.3 is 5.97 Å². The molecule has 0 saturated heterocycles. The number of benzene rings is 2. The van der Waals surface area contributed by atoms with E-state index in [1.165, 1.54) is 0 Å². The third-order valence-corrected chi connectivity index (χ3v) is 4.27. The van der Waals surface area contributed by atoms with Crippen LogP contribution in [0.15, 0.2) is 53.5 Å². The van der Waals surface area contributed by atoms with Crippen LogP contribution in [-0.4, -0.2) is 29.8 Å². The van der Waals surface area contributed by atoms with Crippen molar-refractivity contribution in [3.8, 4) is 11.1 Å². The highest BCUT2D eigenvalue weighted by molar-refractivity contribution is 5.79. The average molecular weight is 324 g/mol. The molecule has 2 aromatic rings. The van der Waals surface area contributed by atoms with Gasteiger partial charge in [-0.2, -0.15) is 0 Å². The Morgan fingerprint density at radius 3 is 2.21 bits per heavy atom. The summed E-state index contributed by atoms with van der Waals surface area (Å²) >= 11 is 0. The van der Waals surface area contributed by atoms with Gasteiger partial charge in [0.1, 0.15) is 12.1 Å². The molecule has 3 rings (SSSR count). The van der Waals surface area contributed by atoms with Gasteiger partial charge in [0.05, 0.1) is 0 Å². The molecule has 0 heterocycles. The molecule has 0 amide bonds. The minimum atomic E-state index is -1.12. The van der Waals surface area contributed by atoms with Crippen molar-refractivity contribution in [2.45, 2.75) is 25.3 Å². The van der Waals surface area contributed by atoms with E-state index in [0.29, 0.717) is 0 Å². The Morgan fingerprint density at radius 1 is 1.17 bits per heavy atom. The summed E-state index contributed by atoms with van der Waals surface area (Å²) in [6.07, 6.45) is -0.578. The van der Waals surface area contributed by atoms with Gasteiger partial charge in [-0.1, -0.05) is 55.5 Å². The lowest BCUT2D eigenvalue weighted by molar-refractivity contribution is -0.251. The number of nitrogens with zero attached hydrogens (tertiary/aromatic N) is 1. The van der Waals surface area contributed by atoms with E-state index in [9.17, 15) is 9.90 Å². The molecule has 0 aliphatic heterocycles. The minimum absolute atomic E-state index is 0.0542. The molecule has 5 nitrogen and oxygen atoms in total. The van der Waals surface area contributed by atoms with Gasteiger partial charge in [-0.05, 0) is 28.7 Å². The van der Waals surface area contributed by atoms with Gasteiger partial charge < -0.3 is 14.9 Å². The molecule has 5 heteroatoms. The van der Waals surface area contributed by atoms with Crippen LogP contribution in [0.25, 0.3) is 11.1 Å². The Bertz CT molecular complexity index is 739. The molecule has 0 fully saturated rings. The highest BCUT2D eigenvalue weighted by atomic mass is 16.6. The number of carboxylic acid groups (broad SMARTS) is 1. The first-order chi connectivity index (χ1) is 11.6. The summed E-state index contributed by atoms with van der Waals surface area (Å²) in [5.74, 6) is -1.17. The van der Waals surface area contributed by atoms with Crippen molar-refractivity contribution >= 4 is 12.1 Å². The fourth-order valence-corrected chi connectivity index (χ4v) is 3.08. The molecule has 24 heavy (non-hydrogen) atoms. The van der Waals surface area contributed by atoms with E-state index in [1.807, 2.05) is 36.4 Å². The van der Waals surface area contributed by atoms with Crippen molar-refractivity contribution in [1.29, 1.82) is 0 Å². The van der Waals surface area contributed by atoms with Crippen molar-refractivity contribution in [3.63, 3.8) is 0 Å². The first-order valence-corrected chi connectivity index (χ1v) is 7.90. The smallest absolute Gasteiger partial charge is 0.328 e. The number of aliphatic carboxylic acids is 1. The first-order valence-electron chi connectivity index (χ1n) is 7.90. The lowest BCUT2D eigenvalue weighted by Crippen LogP contribution is -2.28. The van der Waals surface area contributed by atoms with E-state index in [0.717, 1.165) is 22.3 Å². The second kappa shape index (κ2) is 6.74. The van der Waals surface area contributed by atoms with Gasteiger partial charge in [0.25, 0.3) is 0 Å². The maximum Gasteiger partial charge on any atom is 0.328 e. The number of ether oxygens (including phenoxy) is 1. The summed E-state index contributed by atoms with van der Waals surface area (Å²) in [6, 6.07) is 15.0. The second-order valence-electron chi connectivity index (χ2n) is 5.70. The van der Waals surface area contributed by atoms with Crippen LogP contribution in [-0.2, 0) is 9.53 Å². The maximum absolute atomic E-state index is 11.8. The zero-order valence-electron chi connectivity index (χ0n) is 13.3. The van der Waals surface area contributed by atoms with Gasteiger partial charge in [-0.3, -0.25) is 4.99 Å². The highest BCUT2D eigenvalue weighted by Gasteiger charge is 2.26. The Hall–Kier alpha value is -2.82. The molecule has 1 atom stereocenters. The number of hydrogen-bond donors (Lipinski definition) is 1.